The standard InChI is InChI=1S/C13H20O4/c1-10(15)6-4-5-7-11-12(8-9-14)17-13(2,3)16-11/h8,11-12H,4-7H2,1-3H3. The number of hydrogen-bond donors (Lipinski definition) is 0. The molecule has 4 heteroatoms. The summed E-state index contributed by atoms with van der Waals surface area (Å²) in [5.41, 5.74) is 0. The normalized spacial score (nSPS) is 26.5. The van der Waals surface area contributed by atoms with Crippen molar-refractivity contribution in [3.63, 3.8) is 0 Å². The molecular formula is C13H20O4. The third-order valence-electron chi connectivity index (χ3n) is 2.72. The van der Waals surface area contributed by atoms with E-state index in [2.05, 4.69) is 0 Å². The Hall–Kier alpha value is -0.960. The fourth-order valence-electron chi connectivity index (χ4n) is 2.01. The Labute approximate surface area is 102 Å². The fraction of sp³-hybridized carbons (Fsp3) is 0.769. The van der Waals surface area contributed by atoms with Crippen LogP contribution in [-0.4, -0.2) is 29.7 Å². The zero-order valence-electron chi connectivity index (χ0n) is 10.7. The lowest BCUT2D eigenvalue weighted by atomic mass is 10.1. The lowest BCUT2D eigenvalue weighted by Gasteiger charge is -2.16. The lowest BCUT2D eigenvalue weighted by molar-refractivity contribution is -0.143. The molecule has 1 aliphatic heterocycles. The second-order valence-corrected chi connectivity index (χ2v) is 4.87. The van der Waals surface area contributed by atoms with Crippen LogP contribution in [0.15, 0.2) is 6.08 Å². The molecule has 1 rings (SSSR count). The van der Waals surface area contributed by atoms with Crippen LogP contribution in [0, 0.1) is 0 Å². The van der Waals surface area contributed by atoms with Crippen LogP contribution in [0.5, 0.6) is 0 Å². The van der Waals surface area contributed by atoms with Gasteiger partial charge in [-0.3, -0.25) is 0 Å². The predicted octanol–water partition coefficient (Wildman–Crippen LogP) is 2.04. The van der Waals surface area contributed by atoms with Gasteiger partial charge in [0.1, 0.15) is 17.8 Å². The molecule has 0 spiro atoms. The first-order valence-electron chi connectivity index (χ1n) is 6.01. The number of ketones is 1. The summed E-state index contributed by atoms with van der Waals surface area (Å²) in [5, 5.41) is 0. The monoisotopic (exact) mass is 240 g/mol. The Bertz CT molecular complexity index is 315. The molecule has 96 valence electrons. The van der Waals surface area contributed by atoms with E-state index in [1.54, 1.807) is 12.9 Å². The average Bonchev–Trinajstić information content (AvgIpc) is 2.49. The predicted molar refractivity (Wildman–Crippen MR) is 63.2 cm³/mol. The topological polar surface area (TPSA) is 52.6 Å². The van der Waals surface area contributed by atoms with Crippen LogP contribution in [0.25, 0.3) is 0 Å². The molecule has 1 saturated heterocycles. The van der Waals surface area contributed by atoms with Gasteiger partial charge in [0.25, 0.3) is 0 Å². The van der Waals surface area contributed by atoms with Crippen molar-refractivity contribution in [1.29, 1.82) is 0 Å². The van der Waals surface area contributed by atoms with Crippen molar-refractivity contribution >= 4 is 11.7 Å². The summed E-state index contributed by atoms with van der Waals surface area (Å²) < 4.78 is 11.3. The molecule has 17 heavy (non-hydrogen) atoms. The van der Waals surface area contributed by atoms with E-state index in [9.17, 15) is 9.59 Å². The van der Waals surface area contributed by atoms with Gasteiger partial charge in [0.05, 0.1) is 6.10 Å². The van der Waals surface area contributed by atoms with Gasteiger partial charge in [-0.15, -0.1) is 0 Å². The minimum absolute atomic E-state index is 0.113. The minimum atomic E-state index is -0.650. The van der Waals surface area contributed by atoms with Gasteiger partial charge < -0.3 is 14.3 Å². The first kappa shape index (κ1) is 14.1. The number of hydrogen-bond acceptors (Lipinski definition) is 4. The molecule has 0 aliphatic carbocycles. The average molecular weight is 240 g/mol. The van der Waals surface area contributed by atoms with Crippen LogP contribution in [0.3, 0.4) is 0 Å². The van der Waals surface area contributed by atoms with Crippen molar-refractivity contribution < 1.29 is 19.1 Å². The van der Waals surface area contributed by atoms with Crippen LogP contribution in [0.2, 0.25) is 0 Å². The van der Waals surface area contributed by atoms with Crippen molar-refractivity contribution in [3.8, 4) is 0 Å². The quantitative estimate of drug-likeness (QED) is 0.526. The maximum atomic E-state index is 10.8. The molecule has 2 atom stereocenters. The summed E-state index contributed by atoms with van der Waals surface area (Å²) in [6, 6.07) is 0. The summed E-state index contributed by atoms with van der Waals surface area (Å²) >= 11 is 0. The second-order valence-electron chi connectivity index (χ2n) is 4.87. The number of carbonyl (C=O) groups excluding carboxylic acids is 2. The Morgan fingerprint density at radius 3 is 2.65 bits per heavy atom. The van der Waals surface area contributed by atoms with E-state index in [-0.39, 0.29) is 18.0 Å². The first-order valence-corrected chi connectivity index (χ1v) is 6.01. The highest BCUT2D eigenvalue weighted by atomic mass is 16.7. The molecule has 1 heterocycles. The molecule has 1 aliphatic rings. The molecule has 1 fully saturated rings. The third kappa shape index (κ3) is 4.82. The van der Waals surface area contributed by atoms with Crippen molar-refractivity contribution in [2.45, 2.75) is 64.4 Å². The second kappa shape index (κ2) is 6.10. The van der Waals surface area contributed by atoms with Gasteiger partial charge >= 0.3 is 0 Å². The first-order chi connectivity index (χ1) is 7.94. The highest BCUT2D eigenvalue weighted by molar-refractivity contribution is 5.75. The van der Waals surface area contributed by atoms with Gasteiger partial charge in [0, 0.05) is 12.5 Å². The highest BCUT2D eigenvalue weighted by Gasteiger charge is 2.39. The molecule has 0 radical (unpaired) electrons. The van der Waals surface area contributed by atoms with Crippen molar-refractivity contribution in [3.05, 3.63) is 6.08 Å². The summed E-state index contributed by atoms with van der Waals surface area (Å²) in [4.78, 5) is 21.2. The van der Waals surface area contributed by atoms with E-state index in [0.717, 1.165) is 19.3 Å². The van der Waals surface area contributed by atoms with Gasteiger partial charge in [-0.2, -0.15) is 0 Å². The number of rotatable bonds is 6. The number of carbonyl (C=O) groups is 1. The van der Waals surface area contributed by atoms with Gasteiger partial charge in [-0.05, 0) is 33.6 Å². The van der Waals surface area contributed by atoms with Crippen molar-refractivity contribution in [2.24, 2.45) is 0 Å². The van der Waals surface area contributed by atoms with E-state index in [0.29, 0.717) is 6.42 Å². The Morgan fingerprint density at radius 1 is 1.35 bits per heavy atom. The van der Waals surface area contributed by atoms with Gasteiger partial charge in [-0.25, -0.2) is 4.79 Å². The highest BCUT2D eigenvalue weighted by Crippen LogP contribution is 2.31. The van der Waals surface area contributed by atoms with Crippen LogP contribution in [0.1, 0.15) is 46.5 Å². The minimum Gasteiger partial charge on any atom is -0.344 e. The van der Waals surface area contributed by atoms with Crippen LogP contribution in [0.4, 0.5) is 0 Å². The van der Waals surface area contributed by atoms with Gasteiger partial charge in [-0.1, -0.05) is 6.42 Å². The molecule has 2 unspecified atom stereocenters. The van der Waals surface area contributed by atoms with E-state index in [4.69, 9.17) is 9.47 Å². The summed E-state index contributed by atoms with van der Waals surface area (Å²) in [7, 11) is 0. The van der Waals surface area contributed by atoms with E-state index in [1.807, 2.05) is 13.8 Å². The van der Waals surface area contributed by atoms with Crippen LogP contribution in [-0.2, 0) is 19.1 Å². The van der Waals surface area contributed by atoms with Crippen LogP contribution >= 0.6 is 0 Å². The Balaban J connectivity index is 2.40. The number of Topliss-reactive ketones (excluding diaryl/α,β-unsaturated/α-hetero) is 1. The molecule has 4 nitrogen and oxygen atoms in total. The van der Waals surface area contributed by atoms with E-state index >= 15 is 0 Å². The molecule has 0 aromatic carbocycles. The largest absolute Gasteiger partial charge is 0.344 e. The molecule has 0 N–H and O–H groups in total. The molecule has 0 aromatic heterocycles. The van der Waals surface area contributed by atoms with E-state index in [1.165, 1.54) is 6.08 Å². The molecule has 0 aromatic rings. The summed E-state index contributed by atoms with van der Waals surface area (Å²) in [6.45, 7) is 5.25. The maximum Gasteiger partial charge on any atom is 0.164 e. The Morgan fingerprint density at radius 2 is 2.06 bits per heavy atom. The molecular weight excluding hydrogens is 220 g/mol. The van der Waals surface area contributed by atoms with Gasteiger partial charge in [0.15, 0.2) is 5.79 Å². The van der Waals surface area contributed by atoms with Crippen molar-refractivity contribution in [2.75, 3.05) is 0 Å². The molecule has 0 bridgehead atoms. The maximum absolute atomic E-state index is 10.8. The smallest absolute Gasteiger partial charge is 0.164 e. The fourth-order valence-corrected chi connectivity index (χ4v) is 2.01. The SMILES string of the molecule is CC(=O)CCCCC1OC(C)(C)OC1C=C=O. The number of unbranched alkanes of at least 4 members (excludes halogenated alkanes) is 1. The number of ether oxygens (including phenoxy) is 2. The van der Waals surface area contributed by atoms with Crippen LogP contribution < -0.4 is 0 Å². The third-order valence-corrected chi connectivity index (χ3v) is 2.72. The molecule has 0 saturated carbocycles. The zero-order valence-corrected chi connectivity index (χ0v) is 10.7. The van der Waals surface area contributed by atoms with Gasteiger partial charge in [0.2, 0.25) is 0 Å². The van der Waals surface area contributed by atoms with Crippen molar-refractivity contribution in [1.82, 2.24) is 0 Å². The summed E-state index contributed by atoms with van der Waals surface area (Å²) in [5.74, 6) is 1.31. The Kier molecular flexibility index (Phi) is 5.06. The zero-order chi connectivity index (χ0) is 12.9. The van der Waals surface area contributed by atoms with E-state index < -0.39 is 5.79 Å². The lowest BCUT2D eigenvalue weighted by Crippen LogP contribution is -2.21. The summed E-state index contributed by atoms with van der Waals surface area (Å²) in [6.07, 6.45) is 4.08. The molecule has 0 amide bonds.